The van der Waals surface area contributed by atoms with Crippen LogP contribution in [0.2, 0.25) is 0 Å². The molecule has 10 nitrogen and oxygen atoms in total. The van der Waals surface area contributed by atoms with Crippen LogP contribution < -0.4 is 18.9 Å². The van der Waals surface area contributed by atoms with Crippen molar-refractivity contribution >= 4 is 17.4 Å². The zero-order valence-electron chi connectivity index (χ0n) is 21.3. The van der Waals surface area contributed by atoms with E-state index >= 15 is 0 Å². The number of hydrogen-bond donors (Lipinski definition) is 2. The minimum absolute atomic E-state index is 0.00784. The van der Waals surface area contributed by atoms with Crippen molar-refractivity contribution in [2.24, 2.45) is 0 Å². The highest BCUT2D eigenvalue weighted by Gasteiger charge is 2.47. The fourth-order valence-corrected chi connectivity index (χ4v) is 4.31. The van der Waals surface area contributed by atoms with Crippen molar-refractivity contribution in [3.8, 4) is 28.7 Å². The molecule has 1 fully saturated rings. The molecule has 1 saturated heterocycles. The van der Waals surface area contributed by atoms with Crippen LogP contribution in [0.4, 0.5) is 0 Å². The molecule has 1 heterocycles. The first-order chi connectivity index (χ1) is 17.2. The number of benzene rings is 2. The number of phenolic OH excluding ortho intramolecular Hbond substituents is 1. The summed E-state index contributed by atoms with van der Waals surface area (Å²) in [7, 11) is 9.64. The van der Waals surface area contributed by atoms with Crippen molar-refractivity contribution in [2.45, 2.75) is 12.5 Å². The van der Waals surface area contributed by atoms with Crippen molar-refractivity contribution in [1.29, 1.82) is 0 Å². The zero-order valence-corrected chi connectivity index (χ0v) is 21.3. The van der Waals surface area contributed by atoms with Gasteiger partial charge in [0.15, 0.2) is 11.5 Å². The van der Waals surface area contributed by atoms with Gasteiger partial charge in [0.25, 0.3) is 11.7 Å². The van der Waals surface area contributed by atoms with Crippen LogP contribution in [0.3, 0.4) is 0 Å². The minimum Gasteiger partial charge on any atom is -0.507 e. The quantitative estimate of drug-likeness (QED) is 0.288. The molecule has 10 heteroatoms. The molecule has 2 aromatic carbocycles. The number of hydrogen-bond acceptors (Lipinski definition) is 9. The van der Waals surface area contributed by atoms with Gasteiger partial charge in [0.2, 0.25) is 5.75 Å². The second-order valence-electron chi connectivity index (χ2n) is 8.46. The summed E-state index contributed by atoms with van der Waals surface area (Å²) in [6, 6.07) is 6.58. The van der Waals surface area contributed by atoms with Gasteiger partial charge in [-0.25, -0.2) is 0 Å². The lowest BCUT2D eigenvalue weighted by Gasteiger charge is -2.28. The number of carbonyl (C=O) groups is 2. The molecule has 194 valence electrons. The first-order valence-electron chi connectivity index (χ1n) is 11.3. The number of likely N-dealkylation sites (tertiary alicyclic amines) is 1. The third-order valence-electron chi connectivity index (χ3n) is 6.03. The molecule has 1 aliphatic heterocycles. The second kappa shape index (κ2) is 11.2. The maximum Gasteiger partial charge on any atom is 0.295 e. The van der Waals surface area contributed by atoms with E-state index < -0.39 is 23.5 Å². The number of amides is 1. The molecular formula is C26H32N2O8. The van der Waals surface area contributed by atoms with E-state index in [-0.39, 0.29) is 34.9 Å². The Balaban J connectivity index is 2.26. The molecular weight excluding hydrogens is 468 g/mol. The van der Waals surface area contributed by atoms with E-state index in [2.05, 4.69) is 0 Å². The number of aromatic hydroxyl groups is 1. The van der Waals surface area contributed by atoms with Crippen LogP contribution in [0.15, 0.2) is 35.9 Å². The number of methoxy groups -OCH3 is 4. The van der Waals surface area contributed by atoms with Gasteiger partial charge in [-0.15, -0.1) is 0 Å². The van der Waals surface area contributed by atoms with Crippen LogP contribution in [0.25, 0.3) is 5.76 Å². The van der Waals surface area contributed by atoms with E-state index in [1.54, 1.807) is 12.1 Å². The Labute approximate surface area is 210 Å². The summed E-state index contributed by atoms with van der Waals surface area (Å²) in [4.78, 5) is 29.9. The summed E-state index contributed by atoms with van der Waals surface area (Å²) in [5.74, 6) is -1.13. The molecule has 0 aliphatic carbocycles. The highest BCUT2D eigenvalue weighted by Crippen LogP contribution is 2.49. The van der Waals surface area contributed by atoms with Gasteiger partial charge < -0.3 is 39.0 Å². The highest BCUT2D eigenvalue weighted by atomic mass is 16.5. The van der Waals surface area contributed by atoms with Crippen molar-refractivity contribution in [2.75, 3.05) is 55.6 Å². The number of nitrogens with zero attached hydrogens (tertiary/aromatic N) is 2. The van der Waals surface area contributed by atoms with Crippen molar-refractivity contribution in [3.05, 3.63) is 47.0 Å². The standard InChI is InChI=1S/C26H32N2O8/c1-27(2)12-7-13-28-21(17-10-11-19(34-4)25(36-6)24(17)35-5)20(23(31)26(28)32)22(30)16-9-8-15(33-3)14-18(16)29/h8-11,14,21,29-30H,7,12-13H2,1-6H3. The van der Waals surface area contributed by atoms with E-state index in [1.165, 1.54) is 51.5 Å². The molecule has 2 aromatic rings. The number of aliphatic hydroxyl groups is 1. The number of rotatable bonds is 10. The smallest absolute Gasteiger partial charge is 0.295 e. The van der Waals surface area contributed by atoms with Gasteiger partial charge in [0, 0.05) is 18.2 Å². The fourth-order valence-electron chi connectivity index (χ4n) is 4.31. The molecule has 1 amide bonds. The van der Waals surface area contributed by atoms with Gasteiger partial charge in [-0.1, -0.05) is 0 Å². The molecule has 0 spiro atoms. The van der Waals surface area contributed by atoms with E-state index in [1.807, 2.05) is 19.0 Å². The zero-order chi connectivity index (χ0) is 26.6. The Morgan fingerprint density at radius 1 is 0.972 bits per heavy atom. The number of aliphatic hydroxyl groups excluding tert-OH is 1. The molecule has 1 unspecified atom stereocenters. The van der Waals surface area contributed by atoms with Gasteiger partial charge in [0.05, 0.1) is 45.6 Å². The topological polar surface area (TPSA) is 118 Å². The van der Waals surface area contributed by atoms with Crippen molar-refractivity contribution in [3.63, 3.8) is 0 Å². The van der Waals surface area contributed by atoms with E-state index in [0.29, 0.717) is 30.0 Å². The Bertz CT molecular complexity index is 1170. The lowest BCUT2D eigenvalue weighted by atomic mass is 9.93. The maximum absolute atomic E-state index is 13.3. The molecule has 36 heavy (non-hydrogen) atoms. The predicted molar refractivity (Wildman–Crippen MR) is 133 cm³/mol. The second-order valence-corrected chi connectivity index (χ2v) is 8.46. The van der Waals surface area contributed by atoms with Crippen LogP contribution in [0.1, 0.15) is 23.6 Å². The van der Waals surface area contributed by atoms with E-state index in [9.17, 15) is 19.8 Å². The highest BCUT2D eigenvalue weighted by molar-refractivity contribution is 6.46. The average molecular weight is 501 g/mol. The van der Waals surface area contributed by atoms with Gasteiger partial charge in [-0.2, -0.15) is 0 Å². The predicted octanol–water partition coefficient (Wildman–Crippen LogP) is 2.80. The number of ether oxygens (including phenoxy) is 4. The van der Waals surface area contributed by atoms with Crippen molar-refractivity contribution < 1.29 is 38.7 Å². The third kappa shape index (κ3) is 4.90. The Kier molecular flexibility index (Phi) is 8.31. The van der Waals surface area contributed by atoms with Crippen molar-refractivity contribution in [1.82, 2.24) is 9.80 Å². The minimum atomic E-state index is -0.997. The Hall–Kier alpha value is -3.92. The summed E-state index contributed by atoms with van der Waals surface area (Å²) >= 11 is 0. The third-order valence-corrected chi connectivity index (χ3v) is 6.03. The normalized spacial score (nSPS) is 17.0. The van der Waals surface area contributed by atoms with Crippen LogP contribution in [0.5, 0.6) is 28.7 Å². The van der Waals surface area contributed by atoms with Crippen LogP contribution in [-0.2, 0) is 9.59 Å². The molecule has 0 radical (unpaired) electrons. The molecule has 0 aromatic heterocycles. The molecule has 0 bridgehead atoms. The maximum atomic E-state index is 13.3. The van der Waals surface area contributed by atoms with E-state index in [0.717, 1.165) is 0 Å². The van der Waals surface area contributed by atoms with Gasteiger partial charge in [0.1, 0.15) is 17.3 Å². The summed E-state index contributed by atoms with van der Waals surface area (Å²) in [5.41, 5.74) is 0.246. The lowest BCUT2D eigenvalue weighted by molar-refractivity contribution is -0.140. The number of carbonyl (C=O) groups excluding carboxylic acids is 2. The van der Waals surface area contributed by atoms with Gasteiger partial charge in [-0.05, 0) is 51.3 Å². The van der Waals surface area contributed by atoms with Gasteiger partial charge in [-0.3, -0.25) is 9.59 Å². The first kappa shape index (κ1) is 26.7. The van der Waals surface area contributed by atoms with E-state index in [4.69, 9.17) is 18.9 Å². The van der Waals surface area contributed by atoms with Crippen LogP contribution in [0, 0.1) is 0 Å². The number of ketones is 1. The summed E-state index contributed by atoms with van der Waals surface area (Å²) in [6.07, 6.45) is 0.583. The first-order valence-corrected chi connectivity index (χ1v) is 11.3. The largest absolute Gasteiger partial charge is 0.507 e. The Morgan fingerprint density at radius 2 is 1.67 bits per heavy atom. The lowest BCUT2D eigenvalue weighted by Crippen LogP contribution is -2.32. The van der Waals surface area contributed by atoms with Crippen LogP contribution >= 0.6 is 0 Å². The van der Waals surface area contributed by atoms with Gasteiger partial charge >= 0.3 is 0 Å². The summed E-state index contributed by atoms with van der Waals surface area (Å²) < 4.78 is 21.6. The summed E-state index contributed by atoms with van der Waals surface area (Å²) in [6.45, 7) is 0.925. The number of Topliss-reactive ketones (excluding diaryl/α,β-unsaturated/α-hetero) is 1. The average Bonchev–Trinajstić information content (AvgIpc) is 3.11. The molecule has 2 N–H and O–H groups in total. The fraction of sp³-hybridized carbons (Fsp3) is 0.385. The Morgan fingerprint density at radius 3 is 2.22 bits per heavy atom. The van der Waals surface area contributed by atoms with Crippen LogP contribution in [-0.4, -0.2) is 87.3 Å². The molecule has 1 aliphatic rings. The monoisotopic (exact) mass is 500 g/mol. The number of phenols is 1. The molecule has 3 rings (SSSR count). The summed E-state index contributed by atoms with van der Waals surface area (Å²) in [5, 5.41) is 21.8. The molecule has 1 atom stereocenters. The molecule has 0 saturated carbocycles. The SMILES string of the molecule is COc1ccc(C(O)=C2C(=O)C(=O)N(CCCN(C)C)C2c2ccc(OC)c(OC)c2OC)c(O)c1.